The van der Waals surface area contributed by atoms with E-state index >= 15 is 0 Å². The van der Waals surface area contributed by atoms with Crippen LogP contribution in [-0.4, -0.2) is 26.4 Å². The van der Waals surface area contributed by atoms with Crippen molar-refractivity contribution in [3.63, 3.8) is 0 Å². The number of amides is 1. The zero-order valence-electron chi connectivity index (χ0n) is 16.4. The first-order valence-electron chi connectivity index (χ1n) is 9.63. The molecule has 1 aromatic carbocycles. The molecule has 1 saturated carbocycles. The molecule has 0 saturated heterocycles. The monoisotopic (exact) mass is 402 g/mol. The number of thioether (sulfide) groups is 1. The van der Waals surface area contributed by atoms with Gasteiger partial charge in [-0.05, 0) is 55.9 Å². The Hall–Kier alpha value is -2.35. The summed E-state index contributed by atoms with van der Waals surface area (Å²) >= 11 is 1.46. The minimum absolute atomic E-state index is 0.0266. The molecule has 28 heavy (non-hydrogen) atoms. The fraction of sp³-hybridized carbons (Fsp3) is 0.500. The fourth-order valence-corrected chi connectivity index (χ4v) is 4.29. The highest BCUT2D eigenvalue weighted by Gasteiger charge is 2.31. The Kier molecular flexibility index (Phi) is 6.39. The molecular formula is C20H26N4O3S. The molecule has 1 N–H and O–H groups in total. The Balaban J connectivity index is 1.74. The van der Waals surface area contributed by atoms with Crippen molar-refractivity contribution in [1.29, 1.82) is 0 Å². The van der Waals surface area contributed by atoms with Gasteiger partial charge in [-0.25, -0.2) is 4.68 Å². The molecule has 1 amide bonds. The van der Waals surface area contributed by atoms with Gasteiger partial charge in [-0.1, -0.05) is 13.8 Å². The molecule has 0 radical (unpaired) electrons. The molecule has 3 rings (SSSR count). The van der Waals surface area contributed by atoms with E-state index in [-0.39, 0.29) is 23.2 Å². The number of carbonyl (C=O) groups excluding carboxylic acids is 1. The fourth-order valence-electron chi connectivity index (χ4n) is 3.03. The average molecular weight is 403 g/mol. The van der Waals surface area contributed by atoms with Crippen LogP contribution in [0, 0.1) is 22.0 Å². The Morgan fingerprint density at radius 1 is 1.36 bits per heavy atom. The summed E-state index contributed by atoms with van der Waals surface area (Å²) in [6, 6.07) is 6.64. The highest BCUT2D eigenvalue weighted by Crippen LogP contribution is 2.40. The zero-order valence-corrected chi connectivity index (χ0v) is 17.2. The quantitative estimate of drug-likeness (QED) is 0.356. The summed E-state index contributed by atoms with van der Waals surface area (Å²) in [5, 5.41) is 18.7. The molecule has 2 aromatic rings. The standard InChI is InChI=1S/C20H26N4O3S/c1-13(2)9-11-28-18-7-6-16(12-17(18)24(26)27)20(25)22-19-8-10-21-23(19)14(3)15-4-5-15/h6-8,10,12-15H,4-5,9,11H2,1-3H3,(H,22,25)/t14-/m1/s1. The molecule has 1 atom stereocenters. The lowest BCUT2D eigenvalue weighted by Gasteiger charge is -2.15. The summed E-state index contributed by atoms with van der Waals surface area (Å²) in [6.07, 6.45) is 4.99. The third-order valence-electron chi connectivity index (χ3n) is 4.97. The van der Waals surface area contributed by atoms with Gasteiger partial charge in [0.25, 0.3) is 11.6 Å². The molecule has 1 fully saturated rings. The molecule has 1 aliphatic rings. The van der Waals surface area contributed by atoms with E-state index in [9.17, 15) is 14.9 Å². The van der Waals surface area contributed by atoms with Gasteiger partial charge in [-0.3, -0.25) is 14.9 Å². The minimum Gasteiger partial charge on any atom is -0.307 e. The number of hydrogen-bond acceptors (Lipinski definition) is 5. The van der Waals surface area contributed by atoms with Gasteiger partial charge < -0.3 is 5.32 Å². The Morgan fingerprint density at radius 2 is 2.11 bits per heavy atom. The lowest BCUT2D eigenvalue weighted by molar-refractivity contribution is -0.387. The van der Waals surface area contributed by atoms with Crippen LogP contribution in [-0.2, 0) is 0 Å². The minimum atomic E-state index is -0.423. The summed E-state index contributed by atoms with van der Waals surface area (Å²) in [5.41, 5.74) is 0.244. The van der Waals surface area contributed by atoms with Crippen molar-refractivity contribution in [1.82, 2.24) is 9.78 Å². The van der Waals surface area contributed by atoms with Gasteiger partial charge in [0.15, 0.2) is 0 Å². The SMILES string of the molecule is CC(C)CCSc1ccc(C(=O)Nc2ccnn2[C@H](C)C2CC2)cc1[N+](=O)[O-]. The van der Waals surface area contributed by atoms with Crippen LogP contribution in [0.25, 0.3) is 0 Å². The van der Waals surface area contributed by atoms with Crippen molar-refractivity contribution in [3.05, 3.63) is 46.1 Å². The number of rotatable bonds is 9. The number of anilines is 1. The topological polar surface area (TPSA) is 90.1 Å². The molecular weight excluding hydrogens is 376 g/mol. The van der Waals surface area contributed by atoms with Crippen molar-refractivity contribution in [2.45, 2.75) is 51.0 Å². The average Bonchev–Trinajstić information content (AvgIpc) is 3.40. The van der Waals surface area contributed by atoms with Crippen molar-refractivity contribution in [3.8, 4) is 0 Å². The van der Waals surface area contributed by atoms with Gasteiger partial charge in [0, 0.05) is 17.7 Å². The molecule has 0 bridgehead atoms. The largest absolute Gasteiger partial charge is 0.307 e. The number of hydrogen-bond donors (Lipinski definition) is 1. The molecule has 1 heterocycles. The van der Waals surface area contributed by atoms with Crippen LogP contribution >= 0.6 is 11.8 Å². The normalized spacial score (nSPS) is 14.9. The summed E-state index contributed by atoms with van der Waals surface area (Å²) in [7, 11) is 0. The Morgan fingerprint density at radius 3 is 2.75 bits per heavy atom. The van der Waals surface area contributed by atoms with Crippen LogP contribution < -0.4 is 5.32 Å². The van der Waals surface area contributed by atoms with Crippen LogP contribution in [0.3, 0.4) is 0 Å². The van der Waals surface area contributed by atoms with Crippen molar-refractivity contribution in [2.24, 2.45) is 11.8 Å². The molecule has 0 unspecified atom stereocenters. The summed E-state index contributed by atoms with van der Waals surface area (Å²) in [4.78, 5) is 24.3. The van der Waals surface area contributed by atoms with Crippen molar-refractivity contribution >= 4 is 29.2 Å². The summed E-state index contributed by atoms with van der Waals surface area (Å²) in [5.74, 6) is 2.19. The van der Waals surface area contributed by atoms with E-state index in [1.165, 1.54) is 30.7 Å². The summed E-state index contributed by atoms with van der Waals surface area (Å²) in [6.45, 7) is 6.34. The van der Waals surface area contributed by atoms with E-state index in [0.717, 1.165) is 12.2 Å². The van der Waals surface area contributed by atoms with E-state index in [1.807, 2.05) is 4.68 Å². The van der Waals surface area contributed by atoms with Crippen LogP contribution in [0.1, 0.15) is 56.4 Å². The third kappa shape index (κ3) is 4.92. The maximum absolute atomic E-state index is 12.7. The third-order valence-corrected chi connectivity index (χ3v) is 6.07. The van der Waals surface area contributed by atoms with E-state index in [4.69, 9.17) is 0 Å². The highest BCUT2D eigenvalue weighted by molar-refractivity contribution is 7.99. The molecule has 0 aliphatic heterocycles. The molecule has 1 aliphatic carbocycles. The first kappa shape index (κ1) is 20.4. The number of nitrogens with one attached hydrogen (secondary N) is 1. The van der Waals surface area contributed by atoms with Gasteiger partial charge in [-0.15, -0.1) is 11.8 Å². The lowest BCUT2D eigenvalue weighted by Crippen LogP contribution is -2.18. The number of carbonyl (C=O) groups is 1. The smallest absolute Gasteiger partial charge is 0.283 e. The van der Waals surface area contributed by atoms with Crippen LogP contribution in [0.5, 0.6) is 0 Å². The van der Waals surface area contributed by atoms with Gasteiger partial charge in [0.2, 0.25) is 0 Å². The molecule has 0 spiro atoms. The second kappa shape index (κ2) is 8.77. The number of aromatic nitrogens is 2. The number of nitrogens with zero attached hydrogens (tertiary/aromatic N) is 3. The van der Waals surface area contributed by atoms with Gasteiger partial charge >= 0.3 is 0 Å². The van der Waals surface area contributed by atoms with E-state index in [1.54, 1.807) is 24.4 Å². The summed E-state index contributed by atoms with van der Waals surface area (Å²) < 4.78 is 1.82. The van der Waals surface area contributed by atoms with Crippen molar-refractivity contribution in [2.75, 3.05) is 11.1 Å². The maximum Gasteiger partial charge on any atom is 0.283 e. The first-order chi connectivity index (χ1) is 13.4. The molecule has 150 valence electrons. The lowest BCUT2D eigenvalue weighted by atomic mass is 10.2. The van der Waals surface area contributed by atoms with Crippen LogP contribution in [0.15, 0.2) is 35.4 Å². The number of nitro benzene ring substituents is 1. The maximum atomic E-state index is 12.7. The molecule has 1 aromatic heterocycles. The van der Waals surface area contributed by atoms with Crippen LogP contribution in [0.2, 0.25) is 0 Å². The van der Waals surface area contributed by atoms with Crippen molar-refractivity contribution < 1.29 is 9.72 Å². The van der Waals surface area contributed by atoms with E-state index < -0.39 is 4.92 Å². The van der Waals surface area contributed by atoms with E-state index in [0.29, 0.717) is 22.5 Å². The van der Waals surface area contributed by atoms with Gasteiger partial charge in [0.1, 0.15) is 5.82 Å². The van der Waals surface area contributed by atoms with Gasteiger partial charge in [-0.2, -0.15) is 5.10 Å². The zero-order chi connectivity index (χ0) is 20.3. The number of nitro groups is 1. The first-order valence-corrected chi connectivity index (χ1v) is 10.6. The highest BCUT2D eigenvalue weighted by atomic mass is 32.2. The second-order valence-electron chi connectivity index (χ2n) is 7.66. The second-order valence-corrected chi connectivity index (χ2v) is 8.80. The van der Waals surface area contributed by atoms with Gasteiger partial charge in [0.05, 0.1) is 22.1 Å². The molecule has 7 nitrogen and oxygen atoms in total. The Labute approximate surface area is 169 Å². The number of benzene rings is 1. The van der Waals surface area contributed by atoms with E-state index in [2.05, 4.69) is 31.2 Å². The van der Waals surface area contributed by atoms with Crippen LogP contribution in [0.4, 0.5) is 11.5 Å². The predicted molar refractivity (Wildman–Crippen MR) is 111 cm³/mol. The molecule has 8 heteroatoms. The predicted octanol–water partition coefficient (Wildman–Crippen LogP) is 5.15. The Bertz CT molecular complexity index is 861.